The van der Waals surface area contributed by atoms with Gasteiger partial charge in [-0.1, -0.05) is 13.8 Å². The van der Waals surface area contributed by atoms with E-state index >= 15 is 0 Å². The minimum atomic E-state index is -0.877. The highest BCUT2D eigenvalue weighted by atomic mass is 16.3. The Morgan fingerprint density at radius 2 is 1.14 bits per heavy atom. The molecule has 0 fully saturated rings. The summed E-state index contributed by atoms with van der Waals surface area (Å²) in [7, 11) is 0. The summed E-state index contributed by atoms with van der Waals surface area (Å²) in [6.07, 6.45) is 7.86. The zero-order chi connectivity index (χ0) is 32.6. The van der Waals surface area contributed by atoms with Crippen LogP contribution in [-0.4, -0.2) is 78.0 Å². The topological polar surface area (TPSA) is 188 Å². The van der Waals surface area contributed by atoms with Crippen molar-refractivity contribution in [1.82, 2.24) is 18.8 Å². The van der Waals surface area contributed by atoms with Gasteiger partial charge >= 0.3 is 0 Å². The van der Waals surface area contributed by atoms with Crippen molar-refractivity contribution in [2.45, 2.75) is 46.1 Å². The predicted octanol–water partition coefficient (Wildman–Crippen LogP) is 0.218. The zero-order valence-electron chi connectivity index (χ0n) is 24.7. The molecule has 3 aromatic rings. The molecule has 15 heteroatoms. The van der Waals surface area contributed by atoms with Crippen LogP contribution in [0.3, 0.4) is 0 Å². The van der Waals surface area contributed by atoms with Crippen molar-refractivity contribution in [1.29, 1.82) is 0 Å². The molecule has 3 rings (SSSR count). The Morgan fingerprint density at radius 3 is 1.59 bits per heavy atom. The fourth-order valence-corrected chi connectivity index (χ4v) is 4.40. The van der Waals surface area contributed by atoms with Gasteiger partial charge in [-0.25, -0.2) is 5.01 Å². The van der Waals surface area contributed by atoms with Gasteiger partial charge in [0.2, 0.25) is 34.0 Å². The number of pyridine rings is 3. The van der Waals surface area contributed by atoms with Crippen molar-refractivity contribution in [3.8, 4) is 17.2 Å². The van der Waals surface area contributed by atoms with E-state index in [1.54, 1.807) is 20.8 Å². The van der Waals surface area contributed by atoms with Crippen LogP contribution >= 0.6 is 0 Å². The monoisotopic (exact) mass is 612 g/mol. The molecular weight excluding hydrogens is 576 g/mol. The van der Waals surface area contributed by atoms with Crippen LogP contribution in [0.15, 0.2) is 69.8 Å². The first kappa shape index (κ1) is 33.2. The molecule has 3 amide bonds. The van der Waals surface area contributed by atoms with Gasteiger partial charge in [0.05, 0.1) is 25.1 Å². The van der Waals surface area contributed by atoms with Crippen molar-refractivity contribution < 1.29 is 29.7 Å². The molecule has 1 unspecified atom stereocenters. The van der Waals surface area contributed by atoms with Crippen LogP contribution in [0, 0.1) is 0 Å². The number of hydrogen-bond acceptors (Lipinski definition) is 9. The van der Waals surface area contributed by atoms with E-state index in [9.17, 15) is 44.1 Å². The maximum Gasteiger partial charge on any atom is 0.245 e. The van der Waals surface area contributed by atoms with Crippen molar-refractivity contribution in [3.63, 3.8) is 0 Å². The molecule has 3 aromatic heterocycles. The van der Waals surface area contributed by atoms with Crippen LogP contribution in [0.5, 0.6) is 17.2 Å². The SMILES string of the molecule is CCC(=O)N(CCCN(CCN(C(=O)CC)n1ccc(=O)c(O)c1)C(=O)C(C)n1ccc(=O)c(O)c1)n1ccc(=O)c(O)c1. The largest absolute Gasteiger partial charge is 0.503 e. The standard InChI is InChI=1S/C29H36N6O9/c1-4-27(42)34(32-13-8-22(37)25(40)18-32)11-6-10-30(29(44)20(3)31-12-7-21(36)24(39)17-31)15-16-35(28(43)5-2)33-14-9-23(38)26(41)19-33/h7-9,12-14,17-20,39-41H,4-6,10-11,15-16H2,1-3H3. The molecule has 0 aliphatic carbocycles. The van der Waals surface area contributed by atoms with Crippen LogP contribution in [0.4, 0.5) is 0 Å². The lowest BCUT2D eigenvalue weighted by molar-refractivity contribution is -0.134. The molecule has 3 heterocycles. The first-order chi connectivity index (χ1) is 20.9. The first-order valence-electron chi connectivity index (χ1n) is 14.0. The maximum absolute atomic E-state index is 13.7. The Hall–Kier alpha value is -5.34. The lowest BCUT2D eigenvalue weighted by atomic mass is 10.2. The summed E-state index contributed by atoms with van der Waals surface area (Å²) < 4.78 is 3.93. The molecule has 0 aliphatic rings. The Labute approximate surface area is 252 Å². The van der Waals surface area contributed by atoms with E-state index in [1.807, 2.05) is 0 Å². The van der Waals surface area contributed by atoms with Crippen LogP contribution in [0.2, 0.25) is 0 Å². The molecule has 0 radical (unpaired) electrons. The summed E-state index contributed by atoms with van der Waals surface area (Å²) >= 11 is 0. The van der Waals surface area contributed by atoms with Gasteiger partial charge in [-0.15, -0.1) is 0 Å². The fraction of sp³-hybridized carbons (Fsp3) is 0.379. The van der Waals surface area contributed by atoms with E-state index in [2.05, 4.69) is 0 Å². The second-order valence-corrected chi connectivity index (χ2v) is 9.89. The maximum atomic E-state index is 13.7. The summed E-state index contributed by atoms with van der Waals surface area (Å²) in [4.78, 5) is 75.8. The molecular formula is C29H36N6O9. The minimum absolute atomic E-state index is 0.00544. The highest BCUT2D eigenvalue weighted by Crippen LogP contribution is 2.14. The molecule has 0 aromatic carbocycles. The highest BCUT2D eigenvalue weighted by Gasteiger charge is 2.25. The lowest BCUT2D eigenvalue weighted by Crippen LogP contribution is -2.48. The Kier molecular flexibility index (Phi) is 11.1. The van der Waals surface area contributed by atoms with Crippen molar-refractivity contribution in [2.24, 2.45) is 0 Å². The molecule has 1 atom stereocenters. The smallest absolute Gasteiger partial charge is 0.245 e. The van der Waals surface area contributed by atoms with Crippen molar-refractivity contribution in [3.05, 3.63) is 86.1 Å². The number of aromatic hydroxyl groups is 3. The van der Waals surface area contributed by atoms with E-state index in [-0.39, 0.29) is 57.3 Å². The van der Waals surface area contributed by atoms with E-state index < -0.39 is 45.5 Å². The summed E-state index contributed by atoms with van der Waals surface area (Å²) in [5.74, 6) is -2.71. The van der Waals surface area contributed by atoms with Gasteiger partial charge in [-0.2, -0.15) is 0 Å². The van der Waals surface area contributed by atoms with Gasteiger partial charge in [0.1, 0.15) is 6.04 Å². The molecule has 44 heavy (non-hydrogen) atoms. The molecule has 0 aliphatic heterocycles. The first-order valence-corrected chi connectivity index (χ1v) is 14.0. The number of carbonyl (C=O) groups is 3. The lowest BCUT2D eigenvalue weighted by Gasteiger charge is -2.32. The van der Waals surface area contributed by atoms with Gasteiger partial charge in [-0.3, -0.25) is 43.1 Å². The van der Waals surface area contributed by atoms with Crippen molar-refractivity contribution >= 4 is 17.7 Å². The molecule has 0 spiro atoms. The van der Waals surface area contributed by atoms with E-state index in [0.717, 1.165) is 36.8 Å². The van der Waals surface area contributed by atoms with Gasteiger partial charge < -0.3 is 24.8 Å². The number of hydrogen-bond donors (Lipinski definition) is 3. The molecule has 236 valence electrons. The summed E-state index contributed by atoms with van der Waals surface area (Å²) in [6.45, 7) is 5.02. The highest BCUT2D eigenvalue weighted by molar-refractivity contribution is 5.86. The van der Waals surface area contributed by atoms with Gasteiger partial charge in [0, 0.05) is 69.3 Å². The zero-order valence-corrected chi connectivity index (χ0v) is 24.7. The number of rotatable bonds is 13. The Bertz CT molecular complexity index is 1680. The predicted molar refractivity (Wildman–Crippen MR) is 160 cm³/mol. The Balaban J connectivity index is 1.88. The normalized spacial score (nSPS) is 11.5. The van der Waals surface area contributed by atoms with Crippen LogP contribution < -0.4 is 26.3 Å². The molecule has 0 saturated carbocycles. The molecule has 15 nitrogen and oxygen atoms in total. The molecule has 3 N–H and O–H groups in total. The van der Waals surface area contributed by atoms with Gasteiger partial charge in [0.25, 0.3) is 0 Å². The third-order valence-corrected chi connectivity index (χ3v) is 6.93. The van der Waals surface area contributed by atoms with E-state index in [1.165, 1.54) is 47.4 Å². The average molecular weight is 613 g/mol. The van der Waals surface area contributed by atoms with E-state index in [4.69, 9.17) is 0 Å². The van der Waals surface area contributed by atoms with E-state index in [0.29, 0.717) is 0 Å². The summed E-state index contributed by atoms with van der Waals surface area (Å²) in [6, 6.07) is 2.48. The van der Waals surface area contributed by atoms with Crippen LogP contribution in [0.25, 0.3) is 0 Å². The van der Waals surface area contributed by atoms with Gasteiger partial charge in [0.15, 0.2) is 17.2 Å². The summed E-state index contributed by atoms with van der Waals surface area (Å²) in [5.41, 5.74) is -1.83. The fourth-order valence-electron chi connectivity index (χ4n) is 4.40. The number of amides is 3. The number of carbonyl (C=O) groups excluding carboxylic acids is 3. The number of aromatic nitrogens is 3. The third kappa shape index (κ3) is 7.93. The van der Waals surface area contributed by atoms with Gasteiger partial charge in [-0.05, 0) is 13.3 Å². The molecule has 0 saturated heterocycles. The number of nitrogens with zero attached hydrogens (tertiary/aromatic N) is 6. The van der Waals surface area contributed by atoms with Crippen LogP contribution in [-0.2, 0) is 14.4 Å². The average Bonchev–Trinajstić information content (AvgIpc) is 3.01. The second-order valence-electron chi connectivity index (χ2n) is 9.89. The second kappa shape index (κ2) is 14.7. The Morgan fingerprint density at radius 1 is 0.682 bits per heavy atom. The quantitative estimate of drug-likeness (QED) is 0.243. The van der Waals surface area contributed by atoms with Crippen molar-refractivity contribution in [2.75, 3.05) is 36.2 Å². The molecule has 0 bridgehead atoms. The van der Waals surface area contributed by atoms with Crippen LogP contribution in [0.1, 0.15) is 46.1 Å². The summed E-state index contributed by atoms with van der Waals surface area (Å²) in [5, 5.41) is 32.3. The minimum Gasteiger partial charge on any atom is -0.503 e. The third-order valence-electron chi connectivity index (χ3n) is 6.93.